The second-order valence-corrected chi connectivity index (χ2v) is 6.98. The summed E-state index contributed by atoms with van der Waals surface area (Å²) >= 11 is 0. The van der Waals surface area contributed by atoms with Crippen LogP contribution < -0.4 is 4.90 Å². The zero-order valence-electron chi connectivity index (χ0n) is 15.0. The van der Waals surface area contributed by atoms with E-state index in [4.69, 9.17) is 0 Å². The molecule has 132 valence electrons. The normalized spacial score (nSPS) is 17.0. The fourth-order valence-corrected chi connectivity index (χ4v) is 3.77. The molecule has 1 aromatic heterocycles. The molecule has 0 saturated carbocycles. The fraction of sp³-hybridized carbons (Fsp3) is 0.261. The van der Waals surface area contributed by atoms with Crippen molar-refractivity contribution in [2.24, 2.45) is 0 Å². The summed E-state index contributed by atoms with van der Waals surface area (Å²) in [5, 5.41) is 0. The predicted molar refractivity (Wildman–Crippen MR) is 107 cm³/mol. The molecule has 1 aliphatic heterocycles. The lowest BCUT2D eigenvalue weighted by atomic mass is 10.1. The van der Waals surface area contributed by atoms with Crippen LogP contribution in [-0.2, 0) is 13.1 Å². The van der Waals surface area contributed by atoms with Crippen LogP contribution in [0.3, 0.4) is 0 Å². The van der Waals surface area contributed by atoms with Gasteiger partial charge in [-0.25, -0.2) is 0 Å². The van der Waals surface area contributed by atoms with Gasteiger partial charge in [0, 0.05) is 38.4 Å². The molecule has 0 aliphatic carbocycles. The van der Waals surface area contributed by atoms with Gasteiger partial charge in [0.2, 0.25) is 0 Å². The molecule has 2 heterocycles. The molecule has 1 unspecified atom stereocenters. The number of hydrogen-bond acceptors (Lipinski definition) is 3. The number of hydrogen-bond donors (Lipinski definition) is 0. The second kappa shape index (κ2) is 8.15. The van der Waals surface area contributed by atoms with E-state index < -0.39 is 0 Å². The molecule has 0 radical (unpaired) electrons. The summed E-state index contributed by atoms with van der Waals surface area (Å²) in [7, 11) is 0. The zero-order valence-corrected chi connectivity index (χ0v) is 15.0. The summed E-state index contributed by atoms with van der Waals surface area (Å²) in [6.45, 7) is 4.13. The summed E-state index contributed by atoms with van der Waals surface area (Å²) < 4.78 is 0. The van der Waals surface area contributed by atoms with E-state index in [1.54, 1.807) is 0 Å². The third-order valence-electron chi connectivity index (χ3n) is 5.15. The molecule has 1 saturated heterocycles. The molecule has 4 rings (SSSR count). The number of benzene rings is 2. The van der Waals surface area contributed by atoms with Crippen molar-refractivity contribution < 1.29 is 0 Å². The van der Waals surface area contributed by atoms with Crippen molar-refractivity contribution in [3.8, 4) is 0 Å². The van der Waals surface area contributed by atoms with Crippen LogP contribution in [0.2, 0.25) is 0 Å². The van der Waals surface area contributed by atoms with Gasteiger partial charge < -0.3 is 4.90 Å². The first-order chi connectivity index (χ1) is 12.9. The van der Waals surface area contributed by atoms with Gasteiger partial charge in [0.05, 0.1) is 11.9 Å². The van der Waals surface area contributed by atoms with Crippen molar-refractivity contribution in [1.29, 1.82) is 0 Å². The Bertz CT molecular complexity index is 748. The van der Waals surface area contributed by atoms with E-state index in [2.05, 4.69) is 81.5 Å². The monoisotopic (exact) mass is 343 g/mol. The van der Waals surface area contributed by atoms with Crippen molar-refractivity contribution in [2.45, 2.75) is 25.6 Å². The van der Waals surface area contributed by atoms with Crippen LogP contribution in [0.5, 0.6) is 0 Å². The van der Waals surface area contributed by atoms with Gasteiger partial charge in [-0.3, -0.25) is 9.88 Å². The van der Waals surface area contributed by atoms with Gasteiger partial charge >= 0.3 is 0 Å². The van der Waals surface area contributed by atoms with Gasteiger partial charge in [-0.2, -0.15) is 0 Å². The molecule has 0 amide bonds. The number of aromatic nitrogens is 1. The van der Waals surface area contributed by atoms with Gasteiger partial charge in [0.1, 0.15) is 0 Å². The minimum atomic E-state index is 0.551. The van der Waals surface area contributed by atoms with Crippen LogP contribution in [0.25, 0.3) is 0 Å². The third kappa shape index (κ3) is 4.12. The van der Waals surface area contributed by atoms with Crippen molar-refractivity contribution in [3.05, 3.63) is 96.3 Å². The van der Waals surface area contributed by atoms with E-state index >= 15 is 0 Å². The lowest BCUT2D eigenvalue weighted by molar-refractivity contribution is 0.191. The number of pyridine rings is 1. The Morgan fingerprint density at radius 1 is 0.846 bits per heavy atom. The standard InChI is InChI=1S/C23H25N3/c1-3-8-20(9-4-1)17-26(18-21-10-5-2-6-11-21)23-13-15-25(19-23)22-12-7-14-24-16-22/h1-12,14,16,23H,13,15,17-19H2. The molecule has 1 atom stereocenters. The molecule has 1 fully saturated rings. The van der Waals surface area contributed by atoms with E-state index in [-0.39, 0.29) is 0 Å². The molecule has 3 nitrogen and oxygen atoms in total. The minimum Gasteiger partial charge on any atom is -0.369 e. The van der Waals surface area contributed by atoms with Crippen LogP contribution in [-0.4, -0.2) is 29.0 Å². The van der Waals surface area contributed by atoms with Crippen LogP contribution in [0.1, 0.15) is 17.5 Å². The highest BCUT2D eigenvalue weighted by Crippen LogP contribution is 2.24. The van der Waals surface area contributed by atoms with Crippen LogP contribution in [0, 0.1) is 0 Å². The molecule has 0 bridgehead atoms. The minimum absolute atomic E-state index is 0.551. The third-order valence-corrected chi connectivity index (χ3v) is 5.15. The molecule has 1 aliphatic rings. The summed E-state index contributed by atoms with van der Waals surface area (Å²) in [5.74, 6) is 0. The predicted octanol–water partition coefficient (Wildman–Crippen LogP) is 4.36. The average Bonchev–Trinajstić information content (AvgIpc) is 3.20. The first-order valence-electron chi connectivity index (χ1n) is 9.35. The van der Waals surface area contributed by atoms with Gasteiger partial charge in [0.15, 0.2) is 0 Å². The molecule has 3 aromatic rings. The summed E-state index contributed by atoms with van der Waals surface area (Å²) in [5.41, 5.74) is 3.99. The Morgan fingerprint density at radius 3 is 2.08 bits per heavy atom. The van der Waals surface area contributed by atoms with Gasteiger partial charge in [0.25, 0.3) is 0 Å². The molecule has 2 aromatic carbocycles. The van der Waals surface area contributed by atoms with Gasteiger partial charge in [-0.1, -0.05) is 60.7 Å². The molecular formula is C23H25N3. The first kappa shape index (κ1) is 16.8. The Hall–Kier alpha value is -2.65. The quantitative estimate of drug-likeness (QED) is 0.663. The maximum Gasteiger partial charge on any atom is 0.0553 e. The summed E-state index contributed by atoms with van der Waals surface area (Å²) in [6.07, 6.45) is 5.00. The first-order valence-corrected chi connectivity index (χ1v) is 9.35. The topological polar surface area (TPSA) is 19.4 Å². The zero-order chi connectivity index (χ0) is 17.6. The van der Waals surface area contributed by atoms with E-state index in [9.17, 15) is 0 Å². The molecule has 26 heavy (non-hydrogen) atoms. The lowest BCUT2D eigenvalue weighted by Gasteiger charge is -2.29. The smallest absolute Gasteiger partial charge is 0.0553 e. The average molecular weight is 343 g/mol. The fourth-order valence-electron chi connectivity index (χ4n) is 3.77. The van der Waals surface area contributed by atoms with Crippen LogP contribution in [0.4, 0.5) is 5.69 Å². The van der Waals surface area contributed by atoms with Crippen LogP contribution in [0.15, 0.2) is 85.2 Å². The van der Waals surface area contributed by atoms with E-state index in [1.165, 1.54) is 23.2 Å². The number of nitrogens with zero attached hydrogens (tertiary/aromatic N) is 3. The van der Waals surface area contributed by atoms with Crippen molar-refractivity contribution in [1.82, 2.24) is 9.88 Å². The van der Waals surface area contributed by atoms with Crippen molar-refractivity contribution in [3.63, 3.8) is 0 Å². The SMILES string of the molecule is c1ccc(CN(Cc2ccccc2)C2CCN(c3cccnc3)C2)cc1. The van der Waals surface area contributed by atoms with Gasteiger partial charge in [-0.05, 0) is 29.7 Å². The Kier molecular flexibility index (Phi) is 5.27. The highest BCUT2D eigenvalue weighted by atomic mass is 15.3. The van der Waals surface area contributed by atoms with Gasteiger partial charge in [-0.15, -0.1) is 0 Å². The molecular weight excluding hydrogens is 318 g/mol. The summed E-state index contributed by atoms with van der Waals surface area (Å²) in [6, 6.07) is 26.3. The largest absolute Gasteiger partial charge is 0.369 e. The maximum atomic E-state index is 4.28. The lowest BCUT2D eigenvalue weighted by Crippen LogP contribution is -2.36. The Balaban J connectivity index is 1.51. The van der Waals surface area contributed by atoms with Crippen LogP contribution >= 0.6 is 0 Å². The highest BCUT2D eigenvalue weighted by Gasteiger charge is 2.28. The van der Waals surface area contributed by atoms with E-state index in [0.29, 0.717) is 6.04 Å². The Morgan fingerprint density at radius 2 is 1.50 bits per heavy atom. The van der Waals surface area contributed by atoms with Crippen molar-refractivity contribution >= 4 is 5.69 Å². The number of rotatable bonds is 6. The number of anilines is 1. The van der Waals surface area contributed by atoms with E-state index in [1.807, 2.05) is 18.5 Å². The highest BCUT2D eigenvalue weighted by molar-refractivity contribution is 5.45. The maximum absolute atomic E-state index is 4.28. The summed E-state index contributed by atoms with van der Waals surface area (Å²) in [4.78, 5) is 9.36. The molecule has 0 N–H and O–H groups in total. The van der Waals surface area contributed by atoms with Crippen molar-refractivity contribution in [2.75, 3.05) is 18.0 Å². The van der Waals surface area contributed by atoms with E-state index in [0.717, 1.165) is 26.2 Å². The second-order valence-electron chi connectivity index (χ2n) is 6.98. The molecule has 3 heteroatoms. The molecule has 0 spiro atoms. The Labute approximate surface area is 155 Å².